The largest absolute Gasteiger partial charge is 0.416 e. The molecule has 0 bridgehead atoms. The Labute approximate surface area is 160 Å². The lowest BCUT2D eigenvalue weighted by atomic mass is 9.96. The van der Waals surface area contributed by atoms with Crippen LogP contribution in [0.2, 0.25) is 0 Å². The Morgan fingerprint density at radius 2 is 1.42 bits per heavy atom. The van der Waals surface area contributed by atoms with Gasteiger partial charge in [-0.3, -0.25) is 4.90 Å². The Morgan fingerprint density at radius 1 is 0.962 bits per heavy atom. The molecule has 1 aromatic rings. The Morgan fingerprint density at radius 3 is 1.81 bits per heavy atom. The first kappa shape index (κ1) is 25.0. The van der Waals surface area contributed by atoms with Gasteiger partial charge in [-0.1, -0.05) is 6.08 Å². The maximum absolute atomic E-state index is 13.0. The molecule has 1 fully saturated rings. The molecule has 0 spiro atoms. The van der Waals surface area contributed by atoms with E-state index in [4.69, 9.17) is 0 Å². The average molecular weight is 425 g/mol. The average Bonchev–Trinajstić information content (AvgIpc) is 2.51. The monoisotopic (exact) mass is 424 g/mol. The number of halogens is 8. The van der Waals surface area contributed by atoms with Crippen LogP contribution in [0.1, 0.15) is 29.2 Å². The van der Waals surface area contributed by atoms with Crippen molar-refractivity contribution in [2.75, 3.05) is 26.2 Å². The van der Waals surface area contributed by atoms with Crippen molar-refractivity contribution >= 4 is 24.8 Å². The first-order valence-corrected chi connectivity index (χ1v) is 7.48. The van der Waals surface area contributed by atoms with Gasteiger partial charge in [0.05, 0.1) is 11.1 Å². The van der Waals surface area contributed by atoms with Crippen LogP contribution in [0.5, 0.6) is 0 Å². The SMILES string of the molecule is C=CC[C@@H](c1cc(C(F)(F)F)cc(C(F)(F)F)c1)N1CCNCC1.Cl.Cl. The van der Waals surface area contributed by atoms with E-state index in [1.54, 1.807) is 0 Å². The molecule has 26 heavy (non-hydrogen) atoms. The van der Waals surface area contributed by atoms with Crippen LogP contribution in [-0.2, 0) is 12.4 Å². The zero-order valence-corrected chi connectivity index (χ0v) is 15.3. The van der Waals surface area contributed by atoms with E-state index in [1.807, 2.05) is 4.90 Å². The zero-order chi connectivity index (χ0) is 18.0. The van der Waals surface area contributed by atoms with E-state index < -0.39 is 29.5 Å². The van der Waals surface area contributed by atoms with E-state index in [0.29, 0.717) is 26.2 Å². The minimum Gasteiger partial charge on any atom is -0.314 e. The highest BCUT2D eigenvalue weighted by Crippen LogP contribution is 2.39. The van der Waals surface area contributed by atoms with Gasteiger partial charge in [0.2, 0.25) is 0 Å². The number of benzene rings is 1. The molecule has 0 aliphatic carbocycles. The Balaban J connectivity index is 0.00000312. The van der Waals surface area contributed by atoms with Gasteiger partial charge < -0.3 is 5.32 Å². The van der Waals surface area contributed by atoms with Crippen LogP contribution in [0.15, 0.2) is 30.9 Å². The predicted octanol–water partition coefficient (Wildman–Crippen LogP) is 5.09. The highest BCUT2D eigenvalue weighted by Gasteiger charge is 2.38. The number of nitrogens with one attached hydrogen (secondary N) is 1. The quantitative estimate of drug-likeness (QED) is 0.534. The lowest BCUT2D eigenvalue weighted by molar-refractivity contribution is -0.143. The standard InChI is InChI=1S/C16H18F6N2.2ClH/c1-2-3-14(24-6-4-23-5-7-24)11-8-12(15(17,18)19)10-13(9-11)16(20,21)22;;/h2,8-10,14,23H,1,3-7H2;2*1H/t14-;;/m0../s1. The number of hydrogen-bond acceptors (Lipinski definition) is 2. The van der Waals surface area contributed by atoms with Crippen molar-refractivity contribution in [2.24, 2.45) is 0 Å². The molecule has 0 saturated carbocycles. The van der Waals surface area contributed by atoms with E-state index >= 15 is 0 Å². The summed E-state index contributed by atoms with van der Waals surface area (Å²) in [6.07, 6.45) is -7.88. The molecule has 1 saturated heterocycles. The van der Waals surface area contributed by atoms with Crippen LogP contribution in [0.4, 0.5) is 26.3 Å². The van der Waals surface area contributed by atoms with E-state index in [0.717, 1.165) is 12.1 Å². The molecule has 0 unspecified atom stereocenters. The van der Waals surface area contributed by atoms with Crippen molar-refractivity contribution in [3.63, 3.8) is 0 Å². The first-order valence-electron chi connectivity index (χ1n) is 7.48. The lowest BCUT2D eigenvalue weighted by Crippen LogP contribution is -2.45. The van der Waals surface area contributed by atoms with E-state index in [9.17, 15) is 26.3 Å². The van der Waals surface area contributed by atoms with E-state index in [1.165, 1.54) is 6.08 Å². The summed E-state index contributed by atoms with van der Waals surface area (Å²) >= 11 is 0. The van der Waals surface area contributed by atoms with Crippen molar-refractivity contribution in [3.8, 4) is 0 Å². The van der Waals surface area contributed by atoms with Crippen LogP contribution in [-0.4, -0.2) is 31.1 Å². The molecule has 1 N–H and O–H groups in total. The third-order valence-electron chi connectivity index (χ3n) is 3.98. The highest BCUT2D eigenvalue weighted by atomic mass is 35.5. The Hall–Kier alpha value is -0.960. The molecular formula is C16H20Cl2F6N2. The molecule has 2 nitrogen and oxygen atoms in total. The lowest BCUT2D eigenvalue weighted by Gasteiger charge is -2.35. The van der Waals surface area contributed by atoms with Gasteiger partial charge in [0, 0.05) is 32.2 Å². The van der Waals surface area contributed by atoms with Gasteiger partial charge in [0.15, 0.2) is 0 Å². The molecule has 150 valence electrons. The summed E-state index contributed by atoms with van der Waals surface area (Å²) < 4.78 is 78.1. The fraction of sp³-hybridized carbons (Fsp3) is 0.500. The molecular weight excluding hydrogens is 405 g/mol. The minimum absolute atomic E-state index is 0. The molecule has 0 amide bonds. The fourth-order valence-electron chi connectivity index (χ4n) is 2.82. The van der Waals surface area contributed by atoms with Gasteiger partial charge in [0.1, 0.15) is 0 Å². The van der Waals surface area contributed by atoms with Crippen molar-refractivity contribution < 1.29 is 26.3 Å². The summed E-state index contributed by atoms with van der Waals surface area (Å²) in [5.74, 6) is 0. The van der Waals surface area contributed by atoms with Gasteiger partial charge in [-0.25, -0.2) is 0 Å². The topological polar surface area (TPSA) is 15.3 Å². The molecule has 1 atom stereocenters. The van der Waals surface area contributed by atoms with E-state index in [-0.39, 0.29) is 42.9 Å². The van der Waals surface area contributed by atoms with Crippen LogP contribution >= 0.6 is 24.8 Å². The Bertz CT molecular complexity index is 551. The van der Waals surface area contributed by atoms with Gasteiger partial charge in [-0.15, -0.1) is 31.4 Å². The smallest absolute Gasteiger partial charge is 0.314 e. The summed E-state index contributed by atoms with van der Waals surface area (Å²) in [7, 11) is 0. The molecule has 2 rings (SSSR count). The van der Waals surface area contributed by atoms with Crippen LogP contribution < -0.4 is 5.32 Å². The van der Waals surface area contributed by atoms with Crippen molar-refractivity contribution in [1.29, 1.82) is 0 Å². The van der Waals surface area contributed by atoms with Crippen LogP contribution in [0.25, 0.3) is 0 Å². The third kappa shape index (κ3) is 6.33. The molecule has 1 aliphatic rings. The summed E-state index contributed by atoms with van der Waals surface area (Å²) in [6, 6.07) is 1.22. The summed E-state index contributed by atoms with van der Waals surface area (Å²) in [4.78, 5) is 1.88. The molecule has 1 aliphatic heterocycles. The molecule has 10 heteroatoms. The molecule has 1 heterocycles. The second-order valence-electron chi connectivity index (χ2n) is 5.67. The maximum atomic E-state index is 13.0. The number of alkyl halides is 6. The van der Waals surface area contributed by atoms with Crippen molar-refractivity contribution in [1.82, 2.24) is 10.2 Å². The highest BCUT2D eigenvalue weighted by molar-refractivity contribution is 5.85. The molecule has 1 aromatic carbocycles. The Kier molecular flexibility index (Phi) is 9.46. The second kappa shape index (κ2) is 9.82. The summed E-state index contributed by atoms with van der Waals surface area (Å²) in [5.41, 5.74) is -2.55. The number of hydrogen-bond donors (Lipinski definition) is 1. The fourth-order valence-corrected chi connectivity index (χ4v) is 2.82. The van der Waals surface area contributed by atoms with E-state index in [2.05, 4.69) is 11.9 Å². The normalized spacial score (nSPS) is 17.0. The van der Waals surface area contributed by atoms with Gasteiger partial charge in [-0.2, -0.15) is 26.3 Å². The van der Waals surface area contributed by atoms with Crippen molar-refractivity contribution in [2.45, 2.75) is 24.8 Å². The first-order chi connectivity index (χ1) is 11.1. The van der Waals surface area contributed by atoms with Crippen LogP contribution in [0, 0.1) is 0 Å². The zero-order valence-electron chi connectivity index (χ0n) is 13.7. The number of nitrogens with zero attached hydrogens (tertiary/aromatic N) is 1. The number of piperazine rings is 1. The minimum atomic E-state index is -4.84. The van der Waals surface area contributed by atoms with Crippen molar-refractivity contribution in [3.05, 3.63) is 47.5 Å². The third-order valence-corrected chi connectivity index (χ3v) is 3.98. The summed E-state index contributed by atoms with van der Waals surface area (Å²) in [5, 5.41) is 3.11. The maximum Gasteiger partial charge on any atom is 0.416 e. The molecule has 0 aromatic heterocycles. The van der Waals surface area contributed by atoms with Gasteiger partial charge in [0.25, 0.3) is 0 Å². The predicted molar refractivity (Wildman–Crippen MR) is 92.9 cm³/mol. The second-order valence-corrected chi connectivity index (χ2v) is 5.67. The van der Waals surface area contributed by atoms with Crippen LogP contribution in [0.3, 0.4) is 0 Å². The van der Waals surface area contributed by atoms with Gasteiger partial charge in [-0.05, 0) is 30.2 Å². The number of rotatable bonds is 4. The molecule has 0 radical (unpaired) electrons. The van der Waals surface area contributed by atoms with Gasteiger partial charge >= 0.3 is 12.4 Å². The summed E-state index contributed by atoms with van der Waals surface area (Å²) in [6.45, 7) is 5.96.